The number of likely N-dealkylation sites (tertiary alicyclic amines) is 1. The molecule has 1 fully saturated rings. The Labute approximate surface area is 122 Å². The molecule has 0 spiro atoms. The van der Waals surface area contributed by atoms with Crippen LogP contribution in [0.4, 0.5) is 0 Å². The van der Waals surface area contributed by atoms with E-state index in [0.29, 0.717) is 19.6 Å². The number of amides is 1. The Hall–Kier alpha value is -1.10. The molecule has 0 bridgehead atoms. The highest BCUT2D eigenvalue weighted by molar-refractivity contribution is 5.86. The summed E-state index contributed by atoms with van der Waals surface area (Å²) < 4.78 is 6.16. The number of carbonyl (C=O) groups is 2. The number of rotatable bonds is 8. The fraction of sp³-hybridized carbons (Fsp3) is 0.867. The van der Waals surface area contributed by atoms with Gasteiger partial charge in [-0.15, -0.1) is 0 Å². The van der Waals surface area contributed by atoms with Gasteiger partial charge in [0.15, 0.2) is 0 Å². The van der Waals surface area contributed by atoms with Gasteiger partial charge in [0.05, 0.1) is 40.2 Å². The highest BCUT2D eigenvalue weighted by atomic mass is 16.5. The smallest absolute Gasteiger partial charge is 0.311 e. The number of hydrogen-bond donors (Lipinski definition) is 0. The Bertz CT molecular complexity index is 337. The van der Waals surface area contributed by atoms with E-state index in [2.05, 4.69) is 28.1 Å². The number of carbonyl (C=O) groups excluding carboxylic acids is 2. The van der Waals surface area contributed by atoms with Crippen LogP contribution in [0.15, 0.2) is 0 Å². The zero-order valence-corrected chi connectivity index (χ0v) is 13.4. The van der Waals surface area contributed by atoms with Crippen LogP contribution < -0.4 is 0 Å². The summed E-state index contributed by atoms with van der Waals surface area (Å²) in [6, 6.07) is 0. The molecule has 116 valence electrons. The molecule has 1 amide bonds. The fourth-order valence-corrected chi connectivity index (χ4v) is 2.32. The quantitative estimate of drug-likeness (QED) is 0.383. The van der Waals surface area contributed by atoms with Crippen LogP contribution in [0.2, 0.25) is 0 Å². The first-order chi connectivity index (χ1) is 9.33. The SMILES string of the molecule is CCCCN1CC(C(=O)OCCC[N+](C)(C)C)CC1=O. The number of hydrogen-bond acceptors (Lipinski definition) is 3. The van der Waals surface area contributed by atoms with Crippen molar-refractivity contribution in [2.24, 2.45) is 5.92 Å². The number of nitrogens with zero attached hydrogens (tertiary/aromatic N) is 2. The standard InChI is InChI=1S/C15H29N2O3/c1-5-6-8-16-12-13(11-14(16)18)15(19)20-10-7-9-17(2,3)4/h13H,5-12H2,1-4H3/q+1. The first kappa shape index (κ1) is 17.0. The Kier molecular flexibility index (Phi) is 6.46. The molecule has 1 heterocycles. The molecule has 0 aliphatic carbocycles. The van der Waals surface area contributed by atoms with Crippen molar-refractivity contribution in [3.05, 3.63) is 0 Å². The maximum atomic E-state index is 11.9. The van der Waals surface area contributed by atoms with E-state index in [1.807, 2.05) is 0 Å². The van der Waals surface area contributed by atoms with E-state index in [1.54, 1.807) is 4.90 Å². The summed E-state index contributed by atoms with van der Waals surface area (Å²) in [6.45, 7) is 4.82. The molecule has 5 nitrogen and oxygen atoms in total. The molecule has 0 N–H and O–H groups in total. The predicted molar refractivity (Wildman–Crippen MR) is 78.1 cm³/mol. The number of ether oxygens (including phenoxy) is 1. The van der Waals surface area contributed by atoms with E-state index in [-0.39, 0.29) is 17.8 Å². The van der Waals surface area contributed by atoms with Crippen LogP contribution >= 0.6 is 0 Å². The molecular formula is C15H29N2O3+. The van der Waals surface area contributed by atoms with Crippen molar-refractivity contribution in [2.75, 3.05) is 47.4 Å². The van der Waals surface area contributed by atoms with Crippen LogP contribution in [0, 0.1) is 5.92 Å². The second kappa shape index (κ2) is 7.62. The van der Waals surface area contributed by atoms with E-state index in [4.69, 9.17) is 4.74 Å². The summed E-state index contributed by atoms with van der Waals surface area (Å²) in [5.41, 5.74) is 0. The summed E-state index contributed by atoms with van der Waals surface area (Å²) >= 11 is 0. The molecule has 1 unspecified atom stereocenters. The van der Waals surface area contributed by atoms with Crippen LogP contribution in [0.25, 0.3) is 0 Å². The van der Waals surface area contributed by atoms with Crippen molar-refractivity contribution in [3.8, 4) is 0 Å². The summed E-state index contributed by atoms with van der Waals surface area (Å²) in [6.07, 6.45) is 3.23. The van der Waals surface area contributed by atoms with E-state index in [1.165, 1.54) is 0 Å². The summed E-state index contributed by atoms with van der Waals surface area (Å²) in [7, 11) is 6.34. The highest BCUT2D eigenvalue weighted by Crippen LogP contribution is 2.19. The van der Waals surface area contributed by atoms with Gasteiger partial charge in [-0.2, -0.15) is 0 Å². The van der Waals surface area contributed by atoms with Crippen LogP contribution in [-0.2, 0) is 14.3 Å². The molecule has 1 aliphatic heterocycles. The van der Waals surface area contributed by atoms with Gasteiger partial charge >= 0.3 is 5.97 Å². The van der Waals surface area contributed by atoms with E-state index in [0.717, 1.165) is 36.8 Å². The molecule has 20 heavy (non-hydrogen) atoms. The minimum atomic E-state index is -0.261. The van der Waals surface area contributed by atoms with Gasteiger partial charge in [0.1, 0.15) is 0 Å². The lowest BCUT2D eigenvalue weighted by Gasteiger charge is -2.23. The molecule has 5 heteroatoms. The topological polar surface area (TPSA) is 46.6 Å². The van der Waals surface area contributed by atoms with E-state index < -0.39 is 0 Å². The summed E-state index contributed by atoms with van der Waals surface area (Å²) in [4.78, 5) is 25.5. The van der Waals surface area contributed by atoms with Gasteiger partial charge in [0.2, 0.25) is 5.91 Å². The third-order valence-electron chi connectivity index (χ3n) is 3.55. The van der Waals surface area contributed by atoms with Crippen LogP contribution in [0.5, 0.6) is 0 Å². The van der Waals surface area contributed by atoms with Crippen LogP contribution in [0.1, 0.15) is 32.6 Å². The summed E-state index contributed by atoms with van der Waals surface area (Å²) in [5, 5.41) is 0. The first-order valence-electron chi connectivity index (χ1n) is 7.58. The Morgan fingerprint density at radius 2 is 2.05 bits per heavy atom. The number of quaternary nitrogens is 1. The molecule has 0 saturated carbocycles. The van der Waals surface area contributed by atoms with Gasteiger partial charge in [-0.3, -0.25) is 9.59 Å². The molecule has 1 saturated heterocycles. The maximum Gasteiger partial charge on any atom is 0.311 e. The van der Waals surface area contributed by atoms with Crippen molar-refractivity contribution in [3.63, 3.8) is 0 Å². The van der Waals surface area contributed by atoms with Gasteiger partial charge < -0.3 is 14.1 Å². The molecule has 0 aromatic carbocycles. The van der Waals surface area contributed by atoms with Crippen molar-refractivity contribution >= 4 is 11.9 Å². The Balaban J connectivity index is 2.26. The number of unbranched alkanes of at least 4 members (excludes halogenated alkanes) is 1. The average molecular weight is 285 g/mol. The first-order valence-corrected chi connectivity index (χ1v) is 7.58. The molecule has 1 atom stereocenters. The zero-order valence-electron chi connectivity index (χ0n) is 13.4. The minimum Gasteiger partial charge on any atom is -0.465 e. The molecule has 1 aliphatic rings. The minimum absolute atomic E-state index is 0.0896. The second-order valence-corrected chi connectivity index (χ2v) is 6.63. The second-order valence-electron chi connectivity index (χ2n) is 6.63. The van der Waals surface area contributed by atoms with Crippen LogP contribution in [-0.4, -0.2) is 68.6 Å². The van der Waals surface area contributed by atoms with Gasteiger partial charge in [-0.05, 0) is 6.42 Å². The Morgan fingerprint density at radius 3 is 2.65 bits per heavy atom. The molecule has 1 rings (SSSR count). The van der Waals surface area contributed by atoms with E-state index >= 15 is 0 Å². The average Bonchev–Trinajstić information content (AvgIpc) is 2.72. The summed E-state index contributed by atoms with van der Waals surface area (Å²) in [5.74, 6) is -0.381. The third kappa shape index (κ3) is 5.90. The van der Waals surface area contributed by atoms with Gasteiger partial charge in [-0.1, -0.05) is 13.3 Å². The Morgan fingerprint density at radius 1 is 1.35 bits per heavy atom. The van der Waals surface area contributed by atoms with Gasteiger partial charge in [0.25, 0.3) is 0 Å². The van der Waals surface area contributed by atoms with Crippen molar-refractivity contribution in [2.45, 2.75) is 32.6 Å². The lowest BCUT2D eigenvalue weighted by Crippen LogP contribution is -2.36. The predicted octanol–water partition coefficient (Wildman–Crippen LogP) is 1.27. The largest absolute Gasteiger partial charge is 0.465 e. The maximum absolute atomic E-state index is 11.9. The van der Waals surface area contributed by atoms with Crippen LogP contribution in [0.3, 0.4) is 0 Å². The van der Waals surface area contributed by atoms with Gasteiger partial charge in [0, 0.05) is 25.9 Å². The molecular weight excluding hydrogens is 256 g/mol. The monoisotopic (exact) mass is 285 g/mol. The molecule has 0 aromatic rings. The van der Waals surface area contributed by atoms with Crippen molar-refractivity contribution in [1.82, 2.24) is 4.90 Å². The zero-order chi connectivity index (χ0) is 15.2. The number of esters is 1. The normalized spacial score (nSPS) is 19.5. The third-order valence-corrected chi connectivity index (χ3v) is 3.55. The molecule has 0 radical (unpaired) electrons. The van der Waals surface area contributed by atoms with Crippen molar-refractivity contribution in [1.29, 1.82) is 0 Å². The lowest BCUT2D eigenvalue weighted by molar-refractivity contribution is -0.870. The molecule has 0 aromatic heterocycles. The lowest BCUT2D eigenvalue weighted by atomic mass is 10.1. The fourth-order valence-electron chi connectivity index (χ4n) is 2.32. The highest BCUT2D eigenvalue weighted by Gasteiger charge is 2.34. The van der Waals surface area contributed by atoms with Crippen molar-refractivity contribution < 1.29 is 18.8 Å². The van der Waals surface area contributed by atoms with Gasteiger partial charge in [-0.25, -0.2) is 0 Å². The van der Waals surface area contributed by atoms with E-state index in [9.17, 15) is 9.59 Å².